The Hall–Kier alpha value is -3.26. The molecule has 1 N–H and O–H groups in total. The van der Waals surface area contributed by atoms with Crippen molar-refractivity contribution >= 4 is 22.5 Å². The number of likely N-dealkylation sites (N-methyl/N-ethyl adjacent to an activating group) is 1. The fourth-order valence-electron chi connectivity index (χ4n) is 3.68. The number of nitrogens with one attached hydrogen (secondary N) is 1. The minimum absolute atomic E-state index is 0.120. The van der Waals surface area contributed by atoms with Crippen LogP contribution in [0.3, 0.4) is 0 Å². The molecule has 2 heterocycles. The standard InChI is InChI=1S/C22H26N6O2/c1-26-12-14-27(15-13-26)20-9-5-2-6-17(20)16-23-21(29)10-11-28-22(30)18-7-3-4-8-19(18)24-25-28/h2-9H,10-16H2,1H3,(H,23,29). The molecule has 156 valence electrons. The van der Waals surface area contributed by atoms with E-state index in [0.29, 0.717) is 17.4 Å². The van der Waals surface area contributed by atoms with Crippen LogP contribution in [0.2, 0.25) is 0 Å². The molecule has 1 amide bonds. The maximum absolute atomic E-state index is 12.5. The maximum Gasteiger partial charge on any atom is 0.277 e. The van der Waals surface area contributed by atoms with Gasteiger partial charge in [-0.15, -0.1) is 5.10 Å². The predicted molar refractivity (Wildman–Crippen MR) is 116 cm³/mol. The van der Waals surface area contributed by atoms with Crippen LogP contribution in [0.15, 0.2) is 53.3 Å². The SMILES string of the molecule is CN1CCN(c2ccccc2CNC(=O)CCn2nnc3ccccc3c2=O)CC1. The molecule has 0 aliphatic carbocycles. The van der Waals surface area contributed by atoms with Crippen LogP contribution in [-0.4, -0.2) is 59.0 Å². The number of hydrogen-bond donors (Lipinski definition) is 1. The topological polar surface area (TPSA) is 83.4 Å². The first-order chi connectivity index (χ1) is 14.6. The second-order valence-electron chi connectivity index (χ2n) is 7.58. The van der Waals surface area contributed by atoms with Crippen LogP contribution in [0.1, 0.15) is 12.0 Å². The summed E-state index contributed by atoms with van der Waals surface area (Å²) in [5, 5.41) is 11.5. The highest BCUT2D eigenvalue weighted by molar-refractivity contribution is 5.77. The summed E-state index contributed by atoms with van der Waals surface area (Å²) in [6.07, 6.45) is 0.170. The molecule has 4 rings (SSSR count). The van der Waals surface area contributed by atoms with Gasteiger partial charge in [-0.2, -0.15) is 0 Å². The summed E-state index contributed by atoms with van der Waals surface area (Å²) in [6.45, 7) is 4.67. The number of rotatable bonds is 6. The lowest BCUT2D eigenvalue weighted by Crippen LogP contribution is -2.45. The summed E-state index contributed by atoms with van der Waals surface area (Å²) in [5.74, 6) is -0.120. The normalized spacial score (nSPS) is 14.8. The van der Waals surface area contributed by atoms with Crippen LogP contribution >= 0.6 is 0 Å². The Balaban J connectivity index is 1.36. The molecule has 8 nitrogen and oxygen atoms in total. The molecule has 8 heteroatoms. The zero-order valence-corrected chi connectivity index (χ0v) is 17.1. The van der Waals surface area contributed by atoms with Gasteiger partial charge in [-0.3, -0.25) is 9.59 Å². The van der Waals surface area contributed by atoms with Gasteiger partial charge in [0.2, 0.25) is 5.91 Å². The van der Waals surface area contributed by atoms with Crippen molar-refractivity contribution in [2.45, 2.75) is 19.5 Å². The molecule has 0 atom stereocenters. The summed E-state index contributed by atoms with van der Waals surface area (Å²) < 4.78 is 1.25. The second-order valence-corrected chi connectivity index (χ2v) is 7.58. The molecular weight excluding hydrogens is 380 g/mol. The van der Waals surface area contributed by atoms with E-state index < -0.39 is 0 Å². The number of aromatic nitrogens is 3. The van der Waals surface area contributed by atoms with Crippen molar-refractivity contribution in [3.05, 3.63) is 64.4 Å². The van der Waals surface area contributed by atoms with E-state index >= 15 is 0 Å². The zero-order valence-electron chi connectivity index (χ0n) is 17.1. The number of nitrogens with zero attached hydrogens (tertiary/aromatic N) is 5. The molecule has 1 saturated heterocycles. The number of carbonyl (C=O) groups excluding carboxylic acids is 1. The number of piperazine rings is 1. The Bertz CT molecular complexity index is 1090. The molecule has 3 aromatic rings. The van der Waals surface area contributed by atoms with Gasteiger partial charge in [0.15, 0.2) is 0 Å². The maximum atomic E-state index is 12.5. The summed E-state index contributed by atoms with van der Waals surface area (Å²) in [5.41, 5.74) is 2.60. The van der Waals surface area contributed by atoms with Crippen molar-refractivity contribution in [1.29, 1.82) is 0 Å². The third-order valence-corrected chi connectivity index (χ3v) is 5.49. The van der Waals surface area contributed by atoms with E-state index in [2.05, 4.69) is 38.5 Å². The first kappa shape index (κ1) is 20.0. The third-order valence-electron chi connectivity index (χ3n) is 5.49. The molecule has 1 fully saturated rings. The van der Waals surface area contributed by atoms with Gasteiger partial charge in [0, 0.05) is 44.8 Å². The van der Waals surface area contributed by atoms with Crippen molar-refractivity contribution in [3.63, 3.8) is 0 Å². The Morgan fingerprint density at radius 3 is 2.60 bits per heavy atom. The number of benzene rings is 2. The number of amides is 1. The lowest BCUT2D eigenvalue weighted by atomic mass is 10.1. The molecule has 1 aliphatic heterocycles. The molecule has 1 aromatic heterocycles. The van der Waals surface area contributed by atoms with Crippen molar-refractivity contribution in [2.75, 3.05) is 38.1 Å². The molecule has 1 aliphatic rings. The monoisotopic (exact) mass is 406 g/mol. The molecule has 0 spiro atoms. The van der Waals surface area contributed by atoms with Crippen molar-refractivity contribution in [3.8, 4) is 0 Å². The van der Waals surface area contributed by atoms with Crippen LogP contribution in [0.5, 0.6) is 0 Å². The first-order valence-electron chi connectivity index (χ1n) is 10.2. The van der Waals surface area contributed by atoms with E-state index in [1.165, 1.54) is 10.4 Å². The Morgan fingerprint density at radius 1 is 1.03 bits per heavy atom. The van der Waals surface area contributed by atoms with Crippen molar-refractivity contribution in [1.82, 2.24) is 25.2 Å². The average molecular weight is 406 g/mol. The number of carbonyl (C=O) groups is 1. The van der Waals surface area contributed by atoms with Gasteiger partial charge in [-0.25, -0.2) is 4.68 Å². The van der Waals surface area contributed by atoms with Gasteiger partial charge >= 0.3 is 0 Å². The van der Waals surface area contributed by atoms with Crippen molar-refractivity contribution in [2.24, 2.45) is 0 Å². The van der Waals surface area contributed by atoms with Gasteiger partial charge in [-0.05, 0) is 30.8 Å². The zero-order chi connectivity index (χ0) is 20.9. The Labute approximate surface area is 175 Å². The van der Waals surface area contributed by atoms with E-state index in [1.54, 1.807) is 18.2 Å². The molecular formula is C22H26N6O2. The average Bonchev–Trinajstić information content (AvgIpc) is 2.78. The summed E-state index contributed by atoms with van der Waals surface area (Å²) in [4.78, 5) is 29.6. The fourth-order valence-corrected chi connectivity index (χ4v) is 3.68. The number of anilines is 1. The van der Waals surface area contributed by atoms with E-state index in [4.69, 9.17) is 0 Å². The van der Waals surface area contributed by atoms with E-state index in [9.17, 15) is 9.59 Å². The number of aryl methyl sites for hydroxylation is 1. The molecule has 2 aromatic carbocycles. The van der Waals surface area contributed by atoms with Gasteiger partial charge in [0.05, 0.1) is 11.9 Å². The molecule has 30 heavy (non-hydrogen) atoms. The van der Waals surface area contributed by atoms with Crippen LogP contribution < -0.4 is 15.8 Å². The lowest BCUT2D eigenvalue weighted by molar-refractivity contribution is -0.121. The van der Waals surface area contributed by atoms with Gasteiger partial charge in [0.25, 0.3) is 5.56 Å². The smallest absolute Gasteiger partial charge is 0.277 e. The van der Waals surface area contributed by atoms with E-state index in [-0.39, 0.29) is 24.4 Å². The molecule has 0 radical (unpaired) electrons. The number of para-hydroxylation sites is 1. The van der Waals surface area contributed by atoms with Crippen molar-refractivity contribution < 1.29 is 4.79 Å². The van der Waals surface area contributed by atoms with Gasteiger partial charge < -0.3 is 15.1 Å². The highest BCUT2D eigenvalue weighted by Gasteiger charge is 2.17. The minimum atomic E-state index is -0.228. The summed E-state index contributed by atoms with van der Waals surface area (Å²) in [6, 6.07) is 15.3. The number of hydrogen-bond acceptors (Lipinski definition) is 6. The van der Waals surface area contributed by atoms with Crippen LogP contribution in [-0.2, 0) is 17.9 Å². The third kappa shape index (κ3) is 4.49. The number of fused-ring (bicyclic) bond motifs is 1. The van der Waals surface area contributed by atoms with Gasteiger partial charge in [-0.1, -0.05) is 35.5 Å². The molecule has 0 saturated carbocycles. The van der Waals surface area contributed by atoms with Gasteiger partial charge in [0.1, 0.15) is 5.52 Å². The van der Waals surface area contributed by atoms with Crippen LogP contribution in [0, 0.1) is 0 Å². The largest absolute Gasteiger partial charge is 0.369 e. The highest BCUT2D eigenvalue weighted by Crippen LogP contribution is 2.21. The lowest BCUT2D eigenvalue weighted by Gasteiger charge is -2.35. The fraction of sp³-hybridized carbons (Fsp3) is 0.364. The Morgan fingerprint density at radius 2 is 1.77 bits per heavy atom. The Kier molecular flexibility index (Phi) is 6.04. The van der Waals surface area contributed by atoms with E-state index in [1.807, 2.05) is 24.3 Å². The second kappa shape index (κ2) is 9.04. The van der Waals surface area contributed by atoms with Crippen LogP contribution in [0.25, 0.3) is 10.9 Å². The summed E-state index contributed by atoms with van der Waals surface area (Å²) in [7, 11) is 2.13. The minimum Gasteiger partial charge on any atom is -0.369 e. The molecule has 0 unspecified atom stereocenters. The van der Waals surface area contributed by atoms with E-state index in [0.717, 1.165) is 31.7 Å². The predicted octanol–water partition coefficient (Wildman–Crippen LogP) is 1.25. The van der Waals surface area contributed by atoms with Crippen LogP contribution in [0.4, 0.5) is 5.69 Å². The highest BCUT2D eigenvalue weighted by atomic mass is 16.2. The quantitative estimate of drug-likeness (QED) is 0.663. The summed E-state index contributed by atoms with van der Waals surface area (Å²) >= 11 is 0. The molecule has 0 bridgehead atoms. The first-order valence-corrected chi connectivity index (χ1v) is 10.2.